The molecule has 3 aliphatic rings. The Morgan fingerprint density at radius 2 is 1.66 bits per heavy atom. The molecule has 0 spiro atoms. The van der Waals surface area contributed by atoms with Crippen molar-refractivity contribution in [1.82, 2.24) is 9.80 Å². The molecule has 0 N–H and O–H groups in total. The van der Waals surface area contributed by atoms with Crippen LogP contribution in [0.25, 0.3) is 0 Å². The number of carbonyl (C=O) groups is 2. The van der Waals surface area contributed by atoms with Gasteiger partial charge in [-0.2, -0.15) is 13.2 Å². The van der Waals surface area contributed by atoms with Crippen molar-refractivity contribution < 1.29 is 31.9 Å². The number of nitrogens with zero attached hydrogens (tertiary/aromatic N) is 4. The molecule has 0 bridgehead atoms. The van der Waals surface area contributed by atoms with Crippen LogP contribution < -0.4 is 9.80 Å². The first-order chi connectivity index (χ1) is 18.2. The van der Waals surface area contributed by atoms with Crippen LogP contribution in [-0.2, 0) is 22.1 Å². The number of halogens is 4. The van der Waals surface area contributed by atoms with E-state index in [1.54, 1.807) is 34.9 Å². The third kappa shape index (κ3) is 4.98. The maximum atomic E-state index is 14.6. The first-order valence-corrected chi connectivity index (χ1v) is 12.8. The minimum absolute atomic E-state index is 0.155. The number of carbonyl (C=O) groups excluding carboxylic acids is 2. The number of hydrogen-bond donors (Lipinski definition) is 0. The molecule has 2 saturated heterocycles. The molecule has 7 nitrogen and oxygen atoms in total. The number of piperazine rings is 2. The number of amides is 2. The zero-order valence-electron chi connectivity index (χ0n) is 21.1. The monoisotopic (exact) mass is 534 g/mol. The first kappa shape index (κ1) is 26.1. The number of ether oxygens (including phenoxy) is 1. The van der Waals surface area contributed by atoms with Gasteiger partial charge in [-0.15, -0.1) is 0 Å². The van der Waals surface area contributed by atoms with Crippen molar-refractivity contribution in [3.05, 3.63) is 59.4 Å². The van der Waals surface area contributed by atoms with Crippen molar-refractivity contribution in [3.63, 3.8) is 0 Å². The van der Waals surface area contributed by atoms with Crippen LogP contribution in [0.5, 0.6) is 0 Å². The average Bonchev–Trinajstić information content (AvgIpc) is 2.91. The summed E-state index contributed by atoms with van der Waals surface area (Å²) in [6, 6.07) is 9.83. The summed E-state index contributed by atoms with van der Waals surface area (Å²) >= 11 is 0. The van der Waals surface area contributed by atoms with E-state index < -0.39 is 23.8 Å². The number of fused-ring (bicyclic) bond motifs is 3. The standard InChI is InChI=1S/C27H30F4N4O3/c1-2-38-26(37)33-11-9-32(10-12-33)25(36)20-16-18-15-19(27(29,30)31)7-8-22(18)35-14-13-34(17-24(20)35)23-6-4-3-5-21(23)28/h3-8,15,20,24H,2,9-14,16-17H2,1H3/t20-,24-/m1/s1. The quantitative estimate of drug-likeness (QED) is 0.557. The van der Waals surface area contributed by atoms with Crippen LogP contribution in [0.15, 0.2) is 42.5 Å². The molecule has 38 heavy (non-hydrogen) atoms. The smallest absolute Gasteiger partial charge is 0.416 e. The molecule has 11 heteroatoms. The first-order valence-electron chi connectivity index (χ1n) is 12.8. The second kappa shape index (κ2) is 10.3. The number of benzene rings is 2. The van der Waals surface area contributed by atoms with E-state index in [1.165, 1.54) is 12.1 Å². The third-order valence-electron chi connectivity index (χ3n) is 7.67. The number of alkyl halides is 3. The Bertz CT molecular complexity index is 1200. The van der Waals surface area contributed by atoms with Gasteiger partial charge >= 0.3 is 12.3 Å². The second-order valence-corrected chi connectivity index (χ2v) is 9.82. The van der Waals surface area contributed by atoms with Gasteiger partial charge in [0.25, 0.3) is 0 Å². The van der Waals surface area contributed by atoms with Gasteiger partial charge in [-0.05, 0) is 49.2 Å². The molecule has 2 fully saturated rings. The third-order valence-corrected chi connectivity index (χ3v) is 7.67. The Hall–Kier alpha value is -3.50. The van der Waals surface area contributed by atoms with Crippen LogP contribution in [0.3, 0.4) is 0 Å². The molecule has 0 aromatic heterocycles. The molecule has 2 atom stereocenters. The van der Waals surface area contributed by atoms with Crippen molar-refractivity contribution in [2.24, 2.45) is 5.92 Å². The summed E-state index contributed by atoms with van der Waals surface area (Å²) in [6.07, 6.45) is -4.76. The van der Waals surface area contributed by atoms with E-state index in [0.29, 0.717) is 62.8 Å². The van der Waals surface area contributed by atoms with Crippen LogP contribution in [-0.4, -0.2) is 80.3 Å². The van der Waals surface area contributed by atoms with Crippen LogP contribution in [0.2, 0.25) is 0 Å². The second-order valence-electron chi connectivity index (χ2n) is 9.82. The molecule has 0 aliphatic carbocycles. The Balaban J connectivity index is 1.42. The highest BCUT2D eigenvalue weighted by Crippen LogP contribution is 2.41. The largest absolute Gasteiger partial charge is 0.450 e. The minimum atomic E-state index is -4.49. The fraction of sp³-hybridized carbons (Fsp3) is 0.481. The topological polar surface area (TPSA) is 56.3 Å². The molecule has 2 aromatic rings. The van der Waals surface area contributed by atoms with Gasteiger partial charge in [0.05, 0.1) is 29.8 Å². The van der Waals surface area contributed by atoms with Crippen LogP contribution in [0.4, 0.5) is 33.7 Å². The van der Waals surface area contributed by atoms with Gasteiger partial charge in [0, 0.05) is 51.5 Å². The molecule has 3 aliphatic heterocycles. The van der Waals surface area contributed by atoms with E-state index in [1.807, 2.05) is 9.80 Å². The summed E-state index contributed by atoms with van der Waals surface area (Å²) in [5, 5.41) is 0. The van der Waals surface area contributed by atoms with Gasteiger partial charge in [0.1, 0.15) is 5.82 Å². The molecule has 0 saturated carbocycles. The highest BCUT2D eigenvalue weighted by Gasteiger charge is 2.44. The van der Waals surface area contributed by atoms with Gasteiger partial charge < -0.3 is 24.3 Å². The van der Waals surface area contributed by atoms with E-state index >= 15 is 0 Å². The summed E-state index contributed by atoms with van der Waals surface area (Å²) < 4.78 is 60.2. The van der Waals surface area contributed by atoms with E-state index in [2.05, 4.69) is 0 Å². The van der Waals surface area contributed by atoms with Crippen molar-refractivity contribution >= 4 is 23.4 Å². The normalized spacial score (nSPS) is 21.6. The van der Waals surface area contributed by atoms with Crippen molar-refractivity contribution in [1.29, 1.82) is 0 Å². The molecular weight excluding hydrogens is 504 g/mol. The van der Waals surface area contributed by atoms with E-state index in [4.69, 9.17) is 4.74 Å². The summed E-state index contributed by atoms with van der Waals surface area (Å²) in [6.45, 7) is 4.53. The molecule has 5 rings (SSSR count). The fourth-order valence-electron chi connectivity index (χ4n) is 5.77. The number of para-hydroxylation sites is 1. The van der Waals surface area contributed by atoms with Gasteiger partial charge in [0.15, 0.2) is 0 Å². The fourth-order valence-corrected chi connectivity index (χ4v) is 5.77. The molecule has 0 radical (unpaired) electrons. The predicted octanol–water partition coefficient (Wildman–Crippen LogP) is 4.01. The van der Waals surface area contributed by atoms with Crippen molar-refractivity contribution in [3.8, 4) is 0 Å². The van der Waals surface area contributed by atoms with Gasteiger partial charge in [0.2, 0.25) is 5.91 Å². The molecular formula is C27H30F4N4O3. The maximum Gasteiger partial charge on any atom is 0.416 e. The lowest BCUT2D eigenvalue weighted by Crippen LogP contribution is -2.62. The number of rotatable bonds is 3. The predicted molar refractivity (Wildman–Crippen MR) is 134 cm³/mol. The lowest BCUT2D eigenvalue weighted by Gasteiger charge is -2.50. The van der Waals surface area contributed by atoms with E-state index in [-0.39, 0.29) is 30.8 Å². The molecule has 3 heterocycles. The number of anilines is 2. The zero-order valence-corrected chi connectivity index (χ0v) is 21.1. The Labute approximate surface area is 218 Å². The van der Waals surface area contributed by atoms with Gasteiger partial charge in [-0.3, -0.25) is 4.79 Å². The Morgan fingerprint density at radius 3 is 2.34 bits per heavy atom. The summed E-state index contributed by atoms with van der Waals surface area (Å²) in [4.78, 5) is 33.1. The van der Waals surface area contributed by atoms with Crippen molar-refractivity contribution in [2.75, 3.05) is 62.2 Å². The van der Waals surface area contributed by atoms with Crippen molar-refractivity contribution in [2.45, 2.75) is 25.6 Å². The molecule has 2 aromatic carbocycles. The van der Waals surface area contributed by atoms with Crippen LogP contribution in [0, 0.1) is 11.7 Å². The summed E-state index contributed by atoms with van der Waals surface area (Å²) in [7, 11) is 0. The average molecular weight is 535 g/mol. The minimum Gasteiger partial charge on any atom is -0.450 e. The highest BCUT2D eigenvalue weighted by molar-refractivity contribution is 5.83. The molecule has 204 valence electrons. The number of hydrogen-bond acceptors (Lipinski definition) is 5. The van der Waals surface area contributed by atoms with Gasteiger partial charge in [-0.25, -0.2) is 9.18 Å². The Morgan fingerprint density at radius 1 is 0.947 bits per heavy atom. The molecule has 0 unspecified atom stereocenters. The SMILES string of the molecule is CCOC(=O)N1CCN(C(=O)[C@@H]2Cc3cc(C(F)(F)F)ccc3N3CCN(c4ccccc4F)C[C@H]23)CC1. The van der Waals surface area contributed by atoms with Crippen LogP contribution >= 0.6 is 0 Å². The maximum absolute atomic E-state index is 14.6. The Kier molecular flexibility index (Phi) is 7.11. The van der Waals surface area contributed by atoms with Crippen LogP contribution in [0.1, 0.15) is 18.1 Å². The van der Waals surface area contributed by atoms with E-state index in [0.717, 1.165) is 12.1 Å². The highest BCUT2D eigenvalue weighted by atomic mass is 19.4. The molecule has 2 amide bonds. The van der Waals surface area contributed by atoms with E-state index in [9.17, 15) is 27.2 Å². The lowest BCUT2D eigenvalue weighted by molar-refractivity contribution is -0.138. The van der Waals surface area contributed by atoms with Gasteiger partial charge in [-0.1, -0.05) is 12.1 Å². The lowest BCUT2D eigenvalue weighted by atomic mass is 9.82. The summed E-state index contributed by atoms with van der Waals surface area (Å²) in [5.74, 6) is -1.14. The summed E-state index contributed by atoms with van der Waals surface area (Å²) in [5.41, 5.74) is 0.875. The zero-order chi connectivity index (χ0) is 27.0.